The Morgan fingerprint density at radius 3 is 2.46 bits per heavy atom. The van der Waals surface area contributed by atoms with Crippen LogP contribution < -0.4 is 15.5 Å². The van der Waals surface area contributed by atoms with E-state index in [9.17, 15) is 13.2 Å². The number of methoxy groups -OCH3 is 1. The van der Waals surface area contributed by atoms with Gasteiger partial charge in [-0.3, -0.25) is 10.2 Å². The minimum Gasteiger partial charge on any atom is -0.481 e. The lowest BCUT2D eigenvalue weighted by atomic mass is 10.00. The van der Waals surface area contributed by atoms with Crippen LogP contribution in [0.15, 0.2) is 63.9 Å². The molecule has 2 heterocycles. The molecular formula is C27H33ClN6O4S. The average molecular weight is 573 g/mol. The van der Waals surface area contributed by atoms with E-state index in [1.807, 2.05) is 30.0 Å². The molecule has 12 heteroatoms. The number of carbonyl (C=O) groups excluding carboxylic acids is 1. The number of sulfonamides is 1. The third-order valence-corrected chi connectivity index (χ3v) is 8.52. The van der Waals surface area contributed by atoms with Crippen LogP contribution >= 0.6 is 11.6 Å². The molecular weight excluding hydrogens is 540 g/mol. The normalized spacial score (nSPS) is 17.2. The second-order valence-corrected chi connectivity index (χ2v) is 11.5. The highest BCUT2D eigenvalue weighted by atomic mass is 35.5. The molecule has 0 spiro atoms. The van der Waals surface area contributed by atoms with Crippen LogP contribution in [0.3, 0.4) is 0 Å². The molecule has 0 radical (unpaired) electrons. The second kappa shape index (κ2) is 12.1. The zero-order valence-corrected chi connectivity index (χ0v) is 23.6. The van der Waals surface area contributed by atoms with E-state index in [1.54, 1.807) is 12.1 Å². The molecule has 39 heavy (non-hydrogen) atoms. The van der Waals surface area contributed by atoms with Gasteiger partial charge in [0.2, 0.25) is 11.8 Å². The van der Waals surface area contributed by atoms with Crippen LogP contribution in [-0.4, -0.2) is 76.8 Å². The van der Waals surface area contributed by atoms with E-state index >= 15 is 0 Å². The average Bonchev–Trinajstić information content (AvgIpc) is 2.94. The summed E-state index contributed by atoms with van der Waals surface area (Å²) >= 11 is 6.18. The van der Waals surface area contributed by atoms with Crippen molar-refractivity contribution >= 4 is 50.6 Å². The van der Waals surface area contributed by atoms with Gasteiger partial charge >= 0.3 is 0 Å². The van der Waals surface area contributed by atoms with Crippen LogP contribution in [0.2, 0.25) is 5.02 Å². The molecule has 0 unspecified atom stereocenters. The molecule has 2 aliphatic rings. The predicted octanol–water partition coefficient (Wildman–Crippen LogP) is 3.06. The number of ether oxygens (including phenoxy) is 1. The molecule has 1 saturated heterocycles. The van der Waals surface area contributed by atoms with Gasteiger partial charge in [-0.05, 0) is 73.9 Å². The topological polar surface area (TPSA) is 132 Å². The third-order valence-electron chi connectivity index (χ3n) is 6.96. The van der Waals surface area contributed by atoms with Crippen LogP contribution in [-0.2, 0) is 26.0 Å². The Kier molecular flexibility index (Phi) is 8.81. The summed E-state index contributed by atoms with van der Waals surface area (Å²) in [4.78, 5) is 19.6. The van der Waals surface area contributed by atoms with E-state index in [0.717, 1.165) is 30.8 Å². The van der Waals surface area contributed by atoms with Crippen molar-refractivity contribution in [2.45, 2.75) is 30.7 Å². The number of aryl methyl sites for hydroxylation is 1. The summed E-state index contributed by atoms with van der Waals surface area (Å²) in [6, 6.07) is 12.0. The number of benzene rings is 2. The molecule has 10 nitrogen and oxygen atoms in total. The summed E-state index contributed by atoms with van der Waals surface area (Å²) < 4.78 is 33.4. The lowest BCUT2D eigenvalue weighted by Gasteiger charge is -2.41. The number of carbonyl (C=O) groups is 1. The minimum atomic E-state index is -4.01. The van der Waals surface area contributed by atoms with Crippen molar-refractivity contribution in [1.29, 1.82) is 5.41 Å². The summed E-state index contributed by atoms with van der Waals surface area (Å²) in [5.41, 5.74) is 8.79. The first-order valence-electron chi connectivity index (χ1n) is 12.7. The Bertz CT molecular complexity index is 1390. The van der Waals surface area contributed by atoms with Crippen LogP contribution in [0.4, 0.5) is 11.4 Å². The quantitative estimate of drug-likeness (QED) is 0.385. The Morgan fingerprint density at radius 2 is 1.79 bits per heavy atom. The Hall–Kier alpha value is -3.57. The minimum absolute atomic E-state index is 0.00940. The van der Waals surface area contributed by atoms with Crippen molar-refractivity contribution < 1.29 is 17.9 Å². The fourth-order valence-electron chi connectivity index (χ4n) is 4.86. The zero-order valence-electron chi connectivity index (χ0n) is 22.0. The first kappa shape index (κ1) is 28.4. The van der Waals surface area contributed by atoms with Gasteiger partial charge in [0.15, 0.2) is 0 Å². The number of piperazine rings is 1. The molecule has 2 aromatic carbocycles. The number of fused-ring (bicyclic) bond motifs is 1. The molecule has 0 aromatic heterocycles. The van der Waals surface area contributed by atoms with Gasteiger partial charge in [-0.1, -0.05) is 11.6 Å². The van der Waals surface area contributed by atoms with E-state index in [4.69, 9.17) is 22.7 Å². The van der Waals surface area contributed by atoms with Gasteiger partial charge in [-0.2, -0.15) is 8.42 Å². The van der Waals surface area contributed by atoms with Crippen molar-refractivity contribution in [3.8, 4) is 0 Å². The highest BCUT2D eigenvalue weighted by Gasteiger charge is 2.31. The summed E-state index contributed by atoms with van der Waals surface area (Å²) in [6.07, 6.45) is 4.35. The summed E-state index contributed by atoms with van der Waals surface area (Å²) in [5.74, 6) is -0.329. The van der Waals surface area contributed by atoms with Crippen LogP contribution in [0.25, 0.3) is 0 Å². The van der Waals surface area contributed by atoms with E-state index < -0.39 is 10.0 Å². The number of anilines is 2. The van der Waals surface area contributed by atoms with Gasteiger partial charge in [-0.25, -0.2) is 0 Å². The Balaban J connectivity index is 1.36. The standard InChI is InChI=1S/C27H33ClN6O4S/c1-19(34-13-3-4-20-18-21(28)5-10-24(20)34)27(35)33-16-14-32(15-17-33)22-6-8-23(9-7-22)39(36,37)31-25(29)11-12-26(30)38-2/h5-12,18-19,30H,3-4,13-17H2,1-2H3,(H2,29,31)/t19-/m1/s1. The molecule has 3 N–H and O–H groups in total. The molecule has 2 aliphatic heterocycles. The zero-order chi connectivity index (χ0) is 28.2. The van der Waals surface area contributed by atoms with Crippen molar-refractivity contribution in [1.82, 2.24) is 4.90 Å². The second-order valence-electron chi connectivity index (χ2n) is 9.45. The van der Waals surface area contributed by atoms with Gasteiger partial charge in [0.05, 0.1) is 12.0 Å². The van der Waals surface area contributed by atoms with Gasteiger partial charge < -0.3 is 25.2 Å². The molecule has 0 saturated carbocycles. The monoisotopic (exact) mass is 572 g/mol. The first-order valence-corrected chi connectivity index (χ1v) is 14.5. The molecule has 1 amide bonds. The van der Waals surface area contributed by atoms with E-state index in [1.165, 1.54) is 37.0 Å². The molecule has 2 aromatic rings. The highest BCUT2D eigenvalue weighted by molar-refractivity contribution is 7.90. The van der Waals surface area contributed by atoms with Crippen molar-refractivity contribution in [3.05, 3.63) is 65.2 Å². The number of nitrogens with two attached hydrogens (primary N) is 1. The van der Waals surface area contributed by atoms with Crippen molar-refractivity contribution in [2.75, 3.05) is 49.6 Å². The van der Waals surface area contributed by atoms with Crippen LogP contribution in [0, 0.1) is 5.41 Å². The maximum Gasteiger partial charge on any atom is 0.284 e. The number of rotatable bonds is 7. The van der Waals surface area contributed by atoms with Crippen LogP contribution in [0.1, 0.15) is 18.9 Å². The maximum absolute atomic E-state index is 13.4. The predicted molar refractivity (Wildman–Crippen MR) is 154 cm³/mol. The largest absolute Gasteiger partial charge is 0.481 e. The number of nitrogens with one attached hydrogen (secondary N) is 1. The van der Waals surface area contributed by atoms with Gasteiger partial charge in [0.1, 0.15) is 11.9 Å². The Morgan fingerprint density at radius 1 is 1.10 bits per heavy atom. The molecule has 1 fully saturated rings. The lowest BCUT2D eigenvalue weighted by molar-refractivity contribution is -0.132. The molecule has 0 aliphatic carbocycles. The fraction of sp³-hybridized carbons (Fsp3) is 0.370. The number of amidine groups is 1. The Labute approximate surface area is 234 Å². The lowest BCUT2D eigenvalue weighted by Crippen LogP contribution is -2.55. The molecule has 0 bridgehead atoms. The van der Waals surface area contributed by atoms with E-state index in [0.29, 0.717) is 31.2 Å². The number of hydrogen-bond donors (Lipinski definition) is 2. The van der Waals surface area contributed by atoms with Crippen molar-refractivity contribution in [2.24, 2.45) is 10.1 Å². The number of amides is 1. The van der Waals surface area contributed by atoms with Gasteiger partial charge in [0, 0.05) is 55.2 Å². The number of hydrogen-bond acceptors (Lipinski definition) is 7. The summed E-state index contributed by atoms with van der Waals surface area (Å²) in [6.45, 7) is 5.22. The van der Waals surface area contributed by atoms with Gasteiger partial charge in [0.25, 0.3) is 10.0 Å². The molecule has 4 rings (SSSR count). The van der Waals surface area contributed by atoms with E-state index in [2.05, 4.69) is 18.9 Å². The van der Waals surface area contributed by atoms with Gasteiger partial charge in [-0.15, -0.1) is 4.40 Å². The SMILES string of the molecule is COC(=N)C=CC(N)=NS(=O)(=O)c1ccc(N2CCN(C(=O)[C@@H](C)N3CCCc4cc(Cl)ccc43)CC2)cc1. The van der Waals surface area contributed by atoms with E-state index in [-0.39, 0.29) is 28.6 Å². The number of nitrogens with zero attached hydrogens (tertiary/aromatic N) is 4. The summed E-state index contributed by atoms with van der Waals surface area (Å²) in [5, 5.41) is 8.10. The first-order chi connectivity index (χ1) is 18.6. The third kappa shape index (κ3) is 6.72. The highest BCUT2D eigenvalue weighted by Crippen LogP contribution is 2.31. The molecule has 208 valence electrons. The summed E-state index contributed by atoms with van der Waals surface area (Å²) in [7, 11) is -2.69. The number of halogens is 1. The maximum atomic E-state index is 13.4. The van der Waals surface area contributed by atoms with Crippen LogP contribution in [0.5, 0.6) is 0 Å². The smallest absolute Gasteiger partial charge is 0.284 e. The molecule has 1 atom stereocenters. The fourth-order valence-corrected chi connectivity index (χ4v) is 5.98. The van der Waals surface area contributed by atoms with Crippen molar-refractivity contribution in [3.63, 3.8) is 0 Å².